The molecule has 0 radical (unpaired) electrons. The van der Waals surface area contributed by atoms with Crippen LogP contribution in [0.25, 0.3) is 0 Å². The number of ether oxygens (including phenoxy) is 2. The third-order valence-electron chi connectivity index (χ3n) is 7.82. The number of alkyl halides is 3. The van der Waals surface area contributed by atoms with Crippen LogP contribution in [0, 0.1) is 0 Å². The fourth-order valence-electron chi connectivity index (χ4n) is 5.44. The molecule has 2 aliphatic rings. The molecular weight excluding hydrogens is 622 g/mol. The second-order valence-corrected chi connectivity index (χ2v) is 13.5. The molecule has 1 amide bonds. The van der Waals surface area contributed by atoms with E-state index in [-0.39, 0.29) is 18.8 Å². The highest BCUT2D eigenvalue weighted by Crippen LogP contribution is 2.40. The number of hydrogen-bond acceptors (Lipinski definition) is 6. The maximum Gasteiger partial charge on any atom is 0.276 e. The fourth-order valence-corrected chi connectivity index (χ4v) is 5.71. The monoisotopic (exact) mass is 652 g/mol. The number of carbonyl (C=O) groups excluding carboxylic acids is 1. The molecule has 0 aromatic heterocycles. The Balaban J connectivity index is 1.31. The highest BCUT2D eigenvalue weighted by Gasteiger charge is 2.38. The lowest BCUT2D eigenvalue weighted by Gasteiger charge is -2.42. The number of rotatable bonds is 7. The van der Waals surface area contributed by atoms with E-state index in [4.69, 9.17) is 55.9 Å². The first-order valence-corrected chi connectivity index (χ1v) is 15.2. The van der Waals surface area contributed by atoms with Crippen molar-refractivity contribution in [1.29, 1.82) is 0 Å². The van der Waals surface area contributed by atoms with Gasteiger partial charge in [0.15, 0.2) is 6.29 Å². The summed E-state index contributed by atoms with van der Waals surface area (Å²) in [5, 5.41) is 24.1. The molecule has 5 rings (SSSR count). The number of halogens is 4. The Hall–Kier alpha value is -1.91. The molecule has 3 unspecified atom stereocenters. The van der Waals surface area contributed by atoms with Crippen molar-refractivity contribution in [2.75, 3.05) is 25.0 Å². The molecule has 224 valence electrons. The number of nitrogens with one attached hydrogen (secondary N) is 1. The van der Waals surface area contributed by atoms with Gasteiger partial charge in [-0.15, -0.1) is 0 Å². The number of benzene rings is 3. The van der Waals surface area contributed by atoms with Crippen LogP contribution in [-0.2, 0) is 26.5 Å². The molecule has 11 heteroatoms. The van der Waals surface area contributed by atoms with E-state index >= 15 is 0 Å². The van der Waals surface area contributed by atoms with Crippen LogP contribution in [0.3, 0.4) is 0 Å². The second kappa shape index (κ2) is 13.4. The summed E-state index contributed by atoms with van der Waals surface area (Å²) in [6.07, 6.45) is 0.656. The van der Waals surface area contributed by atoms with Gasteiger partial charge in [-0.2, -0.15) is 0 Å². The van der Waals surface area contributed by atoms with Crippen LogP contribution >= 0.6 is 46.4 Å². The number of anilines is 1. The summed E-state index contributed by atoms with van der Waals surface area (Å²) in [6.45, 7) is 2.04. The summed E-state index contributed by atoms with van der Waals surface area (Å²) >= 11 is 23.2. The van der Waals surface area contributed by atoms with Gasteiger partial charge < -0.3 is 29.9 Å². The van der Waals surface area contributed by atoms with Gasteiger partial charge in [-0.25, -0.2) is 0 Å². The highest BCUT2D eigenvalue weighted by molar-refractivity contribution is 6.76. The largest absolute Gasteiger partial charge is 0.392 e. The maximum atomic E-state index is 12.2. The van der Waals surface area contributed by atoms with Crippen LogP contribution in [0.1, 0.15) is 53.9 Å². The first-order valence-electron chi connectivity index (χ1n) is 13.7. The number of amides is 1. The fraction of sp³-hybridized carbons (Fsp3) is 0.387. The number of aliphatic hydroxyl groups is 2. The minimum Gasteiger partial charge on any atom is -0.392 e. The maximum absolute atomic E-state index is 12.2. The van der Waals surface area contributed by atoms with E-state index < -0.39 is 21.6 Å². The van der Waals surface area contributed by atoms with Gasteiger partial charge in [-0.3, -0.25) is 4.79 Å². The predicted molar refractivity (Wildman–Crippen MR) is 165 cm³/mol. The van der Waals surface area contributed by atoms with Gasteiger partial charge in [-0.05, 0) is 53.8 Å². The van der Waals surface area contributed by atoms with Crippen LogP contribution < -0.4 is 5.32 Å². The second-order valence-electron chi connectivity index (χ2n) is 10.8. The van der Waals surface area contributed by atoms with Gasteiger partial charge in [-0.1, -0.05) is 94.9 Å². The third-order valence-corrected chi connectivity index (χ3v) is 8.58. The normalized spacial score (nSPS) is 23.0. The van der Waals surface area contributed by atoms with Crippen molar-refractivity contribution in [3.8, 4) is 0 Å². The van der Waals surface area contributed by atoms with Crippen LogP contribution in [-0.4, -0.2) is 50.6 Å². The molecule has 3 aromatic rings. The van der Waals surface area contributed by atoms with Crippen molar-refractivity contribution in [2.24, 2.45) is 0 Å². The average Bonchev–Trinajstić information content (AvgIpc) is 2.98. The molecule has 0 bridgehead atoms. The molecule has 2 aliphatic heterocycles. The lowest BCUT2D eigenvalue weighted by molar-refractivity contribution is -0.253. The molecule has 7 nitrogen and oxygen atoms in total. The average molecular weight is 654 g/mol. The Labute approximate surface area is 265 Å². The highest BCUT2D eigenvalue weighted by atomic mass is 35.6. The van der Waals surface area contributed by atoms with E-state index in [0.717, 1.165) is 16.7 Å². The lowest BCUT2D eigenvalue weighted by Crippen LogP contribution is -2.46. The van der Waals surface area contributed by atoms with Crippen molar-refractivity contribution in [3.63, 3.8) is 0 Å². The number of aliphatic hydroxyl groups excluding tert-OH is 1. The number of carbonyl (C=O) groups is 1. The van der Waals surface area contributed by atoms with Gasteiger partial charge in [0.1, 0.15) is 0 Å². The van der Waals surface area contributed by atoms with Gasteiger partial charge in [0.25, 0.3) is 9.70 Å². The lowest BCUT2D eigenvalue weighted by atomic mass is 9.84. The van der Waals surface area contributed by atoms with E-state index in [0.29, 0.717) is 55.2 Å². The molecule has 0 spiro atoms. The molecule has 2 heterocycles. The van der Waals surface area contributed by atoms with Crippen molar-refractivity contribution in [3.05, 3.63) is 100 Å². The number of likely N-dealkylation sites (tertiary alicyclic amines) is 1. The zero-order valence-corrected chi connectivity index (χ0v) is 25.7. The molecule has 42 heavy (non-hydrogen) atoms. The topological polar surface area (TPSA) is 91.3 Å². The summed E-state index contributed by atoms with van der Waals surface area (Å²) in [5.41, 5.74) is 2.92. The minimum absolute atomic E-state index is 0.0375. The number of nitrogens with zero attached hydrogens (tertiary/aromatic N) is 1. The first kappa shape index (κ1) is 31.5. The Morgan fingerprint density at radius 1 is 0.976 bits per heavy atom. The summed E-state index contributed by atoms with van der Waals surface area (Å²) in [7, 11) is 0. The molecular formula is C31H32Cl4N2O5. The van der Waals surface area contributed by atoms with Crippen LogP contribution in [0.5, 0.6) is 0 Å². The standard InChI is InChI=1S/C31H32Cl4N2O5/c32-24-10-8-23(9-11-24)30(40)12-14-37(15-13-30)18-26-17-27(21-6-4-20(19-38)5-7-21)42-28(41-26)22-2-1-3-25(16-22)36-29(39)31(33,34)35/h1-11,16,26-28,38,40H,12-15,17-19H2,(H,36,39). The minimum atomic E-state index is -2.10. The number of piperidine rings is 1. The Morgan fingerprint density at radius 2 is 1.67 bits per heavy atom. The van der Waals surface area contributed by atoms with E-state index in [1.165, 1.54) is 0 Å². The molecule has 0 saturated carbocycles. The van der Waals surface area contributed by atoms with Crippen LogP contribution in [0.15, 0.2) is 72.8 Å². The molecule has 3 atom stereocenters. The van der Waals surface area contributed by atoms with Crippen molar-refractivity contribution in [2.45, 2.75) is 53.8 Å². The van der Waals surface area contributed by atoms with E-state index in [1.807, 2.05) is 54.6 Å². The van der Waals surface area contributed by atoms with E-state index in [1.54, 1.807) is 18.2 Å². The Morgan fingerprint density at radius 3 is 2.31 bits per heavy atom. The van der Waals surface area contributed by atoms with Crippen LogP contribution in [0.4, 0.5) is 5.69 Å². The predicted octanol–water partition coefficient (Wildman–Crippen LogP) is 6.67. The summed E-state index contributed by atoms with van der Waals surface area (Å²) in [4.78, 5) is 14.5. The zero-order valence-electron chi connectivity index (χ0n) is 22.7. The Kier molecular flexibility index (Phi) is 10.0. The van der Waals surface area contributed by atoms with E-state index in [9.17, 15) is 15.0 Å². The quantitative estimate of drug-likeness (QED) is 0.247. The zero-order chi connectivity index (χ0) is 29.9. The number of hydrogen-bond donors (Lipinski definition) is 3. The van der Waals surface area contributed by atoms with Crippen LogP contribution in [0.2, 0.25) is 5.02 Å². The van der Waals surface area contributed by atoms with Gasteiger partial charge in [0.05, 0.1) is 24.4 Å². The smallest absolute Gasteiger partial charge is 0.276 e. The summed E-state index contributed by atoms with van der Waals surface area (Å²) < 4.78 is 10.8. The third kappa shape index (κ3) is 7.78. The molecule has 3 N–H and O–H groups in total. The SMILES string of the molecule is O=C(Nc1cccc(C2OC(CN3CCC(O)(c4ccc(Cl)cc4)CC3)CC(c3ccc(CO)cc3)O2)c1)C(Cl)(Cl)Cl. The van der Waals surface area contributed by atoms with Crippen molar-refractivity contribution < 1.29 is 24.5 Å². The Bertz CT molecular complexity index is 1360. The molecule has 2 fully saturated rings. The molecule has 0 aliphatic carbocycles. The molecule has 2 saturated heterocycles. The van der Waals surface area contributed by atoms with E-state index in [2.05, 4.69) is 10.2 Å². The summed E-state index contributed by atoms with van der Waals surface area (Å²) in [6, 6.07) is 22.1. The van der Waals surface area contributed by atoms with Crippen molar-refractivity contribution >= 4 is 58.0 Å². The van der Waals surface area contributed by atoms with Gasteiger partial charge >= 0.3 is 0 Å². The van der Waals surface area contributed by atoms with Gasteiger partial charge in [0.2, 0.25) is 0 Å². The van der Waals surface area contributed by atoms with Gasteiger partial charge in [0, 0.05) is 42.3 Å². The van der Waals surface area contributed by atoms with Crippen molar-refractivity contribution in [1.82, 2.24) is 4.90 Å². The first-order chi connectivity index (χ1) is 20.0. The molecule has 3 aromatic carbocycles. The summed E-state index contributed by atoms with van der Waals surface area (Å²) in [5.74, 6) is -0.765.